The molecule has 1 unspecified atom stereocenters. The zero-order valence-corrected chi connectivity index (χ0v) is 11.0. The molecule has 16 heavy (non-hydrogen) atoms. The highest BCUT2D eigenvalue weighted by Gasteiger charge is 2.36. The Balaban J connectivity index is 0.00000128. The van der Waals surface area contributed by atoms with E-state index in [0.29, 0.717) is 6.54 Å². The normalized spacial score (nSPS) is 23.6. The molecule has 0 amide bonds. The molecule has 1 fully saturated rings. The molecule has 0 aliphatic carbocycles. The molecule has 1 aromatic carbocycles. The van der Waals surface area contributed by atoms with Crippen LogP contribution in [-0.4, -0.2) is 12.5 Å². The van der Waals surface area contributed by atoms with Crippen molar-refractivity contribution in [3.05, 3.63) is 34.3 Å². The summed E-state index contributed by atoms with van der Waals surface area (Å²) in [6, 6.07) is 7.29. The highest BCUT2D eigenvalue weighted by atomic mass is 79.9. The van der Waals surface area contributed by atoms with Gasteiger partial charge in [-0.15, -0.1) is 12.4 Å². The predicted octanol–water partition coefficient (Wildman–Crippen LogP) is 3.93. The van der Waals surface area contributed by atoms with E-state index in [1.54, 1.807) is 0 Å². The number of alkyl halides is 2. The number of nitrogens with one attached hydrogen (secondary N) is 1. The van der Waals surface area contributed by atoms with Gasteiger partial charge >= 0.3 is 0 Å². The Kier molecular flexibility index (Phi) is 4.71. The summed E-state index contributed by atoms with van der Waals surface area (Å²) >= 11 is 3.32. The van der Waals surface area contributed by atoms with Gasteiger partial charge in [0.1, 0.15) is 0 Å². The quantitative estimate of drug-likeness (QED) is 0.828. The molecule has 0 spiro atoms. The standard InChI is InChI=1S/C11H12BrF2N.ClH/c12-9-3-1-8(2-4-9)10-7-11(13,14)5-6-15-10;/h1-4,10,15H,5-7H2;1H. The number of halogens is 4. The van der Waals surface area contributed by atoms with Crippen molar-refractivity contribution in [2.75, 3.05) is 6.54 Å². The third-order valence-electron chi connectivity index (χ3n) is 2.66. The van der Waals surface area contributed by atoms with Crippen molar-refractivity contribution in [3.63, 3.8) is 0 Å². The third kappa shape index (κ3) is 3.40. The maximum atomic E-state index is 13.2. The van der Waals surface area contributed by atoms with Gasteiger partial charge in [0.2, 0.25) is 0 Å². The van der Waals surface area contributed by atoms with Crippen LogP contribution in [0.1, 0.15) is 24.4 Å². The van der Waals surface area contributed by atoms with E-state index >= 15 is 0 Å². The van der Waals surface area contributed by atoms with Gasteiger partial charge in [-0.3, -0.25) is 0 Å². The SMILES string of the molecule is Cl.FC1(F)CCNC(c2ccc(Br)cc2)C1. The minimum Gasteiger partial charge on any atom is -0.310 e. The molecule has 1 N–H and O–H groups in total. The lowest BCUT2D eigenvalue weighted by molar-refractivity contribution is -0.0415. The van der Waals surface area contributed by atoms with E-state index in [4.69, 9.17) is 0 Å². The lowest BCUT2D eigenvalue weighted by Gasteiger charge is -2.30. The van der Waals surface area contributed by atoms with Crippen LogP contribution in [-0.2, 0) is 0 Å². The summed E-state index contributed by atoms with van der Waals surface area (Å²) in [6.45, 7) is 0.383. The Morgan fingerprint density at radius 1 is 1.25 bits per heavy atom. The van der Waals surface area contributed by atoms with E-state index in [9.17, 15) is 8.78 Å². The molecular weight excluding hydrogens is 299 g/mol. The third-order valence-corrected chi connectivity index (χ3v) is 3.19. The van der Waals surface area contributed by atoms with Crippen molar-refractivity contribution in [2.24, 2.45) is 0 Å². The van der Waals surface area contributed by atoms with Crippen molar-refractivity contribution in [1.82, 2.24) is 5.32 Å². The van der Waals surface area contributed by atoms with Crippen LogP contribution in [0.25, 0.3) is 0 Å². The highest BCUT2D eigenvalue weighted by Crippen LogP contribution is 2.34. The predicted molar refractivity (Wildman–Crippen MR) is 66.3 cm³/mol. The van der Waals surface area contributed by atoms with Crippen LogP contribution in [0.5, 0.6) is 0 Å². The van der Waals surface area contributed by atoms with Crippen LogP contribution < -0.4 is 5.32 Å². The topological polar surface area (TPSA) is 12.0 Å². The summed E-state index contributed by atoms with van der Waals surface area (Å²) in [5.41, 5.74) is 0.928. The first-order valence-electron chi connectivity index (χ1n) is 4.93. The maximum absolute atomic E-state index is 13.2. The molecule has 1 heterocycles. The van der Waals surface area contributed by atoms with Crippen LogP contribution in [0, 0.1) is 0 Å². The van der Waals surface area contributed by atoms with Crippen molar-refractivity contribution in [3.8, 4) is 0 Å². The van der Waals surface area contributed by atoms with Gasteiger partial charge in [-0.05, 0) is 17.7 Å². The zero-order valence-electron chi connectivity index (χ0n) is 8.55. The highest BCUT2D eigenvalue weighted by molar-refractivity contribution is 9.10. The second-order valence-electron chi connectivity index (χ2n) is 3.87. The minimum absolute atomic E-state index is 0. The monoisotopic (exact) mass is 311 g/mol. The summed E-state index contributed by atoms with van der Waals surface area (Å²) in [5, 5.41) is 3.12. The Morgan fingerprint density at radius 2 is 1.88 bits per heavy atom. The smallest absolute Gasteiger partial charge is 0.251 e. The summed E-state index contributed by atoms with van der Waals surface area (Å²) in [5.74, 6) is -2.52. The molecule has 0 bridgehead atoms. The van der Waals surface area contributed by atoms with Crippen molar-refractivity contribution in [1.29, 1.82) is 0 Å². The molecule has 0 saturated carbocycles. The fraction of sp³-hybridized carbons (Fsp3) is 0.455. The van der Waals surface area contributed by atoms with Crippen LogP contribution in [0.4, 0.5) is 8.78 Å². The van der Waals surface area contributed by atoms with Crippen LogP contribution >= 0.6 is 28.3 Å². The molecule has 1 aromatic rings. The first kappa shape index (κ1) is 13.9. The van der Waals surface area contributed by atoms with Crippen molar-refractivity contribution in [2.45, 2.75) is 24.8 Å². The van der Waals surface area contributed by atoms with Gasteiger partial charge in [-0.1, -0.05) is 28.1 Å². The summed E-state index contributed by atoms with van der Waals surface area (Å²) in [4.78, 5) is 0. The number of benzene rings is 1. The van der Waals surface area contributed by atoms with Gasteiger partial charge in [-0.2, -0.15) is 0 Å². The first-order valence-corrected chi connectivity index (χ1v) is 5.73. The Bertz CT molecular complexity index is 342. The van der Waals surface area contributed by atoms with E-state index in [0.717, 1.165) is 10.0 Å². The lowest BCUT2D eigenvalue weighted by atomic mass is 9.95. The van der Waals surface area contributed by atoms with Gasteiger partial charge in [0.15, 0.2) is 0 Å². The number of hydrogen-bond acceptors (Lipinski definition) is 1. The van der Waals surface area contributed by atoms with E-state index in [-0.39, 0.29) is 31.3 Å². The summed E-state index contributed by atoms with van der Waals surface area (Å²) in [7, 11) is 0. The zero-order chi connectivity index (χ0) is 10.9. The fourth-order valence-corrected chi connectivity index (χ4v) is 2.10. The average molecular weight is 313 g/mol. The van der Waals surface area contributed by atoms with Crippen LogP contribution in [0.3, 0.4) is 0 Å². The maximum Gasteiger partial charge on any atom is 0.251 e. The van der Waals surface area contributed by atoms with E-state index in [1.807, 2.05) is 24.3 Å². The molecule has 90 valence electrons. The van der Waals surface area contributed by atoms with Gasteiger partial charge in [0, 0.05) is 29.9 Å². The number of piperidine rings is 1. The molecule has 5 heteroatoms. The minimum atomic E-state index is -2.52. The fourth-order valence-electron chi connectivity index (χ4n) is 1.83. The second-order valence-corrected chi connectivity index (χ2v) is 4.78. The molecular formula is C11H13BrClF2N. The van der Waals surface area contributed by atoms with Gasteiger partial charge in [-0.25, -0.2) is 8.78 Å². The molecule has 1 aliphatic heterocycles. The summed E-state index contributed by atoms with van der Waals surface area (Å²) < 4.78 is 27.3. The van der Waals surface area contributed by atoms with Crippen molar-refractivity contribution < 1.29 is 8.78 Å². The summed E-state index contributed by atoms with van der Waals surface area (Å²) in [6.07, 6.45) is -0.158. The Morgan fingerprint density at radius 3 is 2.44 bits per heavy atom. The van der Waals surface area contributed by atoms with Crippen LogP contribution in [0.15, 0.2) is 28.7 Å². The molecule has 1 atom stereocenters. The molecule has 0 radical (unpaired) electrons. The average Bonchev–Trinajstić information content (AvgIpc) is 2.17. The van der Waals surface area contributed by atoms with Gasteiger partial charge < -0.3 is 5.32 Å². The van der Waals surface area contributed by atoms with Crippen molar-refractivity contribution >= 4 is 28.3 Å². The first-order chi connectivity index (χ1) is 7.07. The van der Waals surface area contributed by atoms with E-state index in [1.165, 1.54) is 0 Å². The molecule has 2 rings (SSSR count). The van der Waals surface area contributed by atoms with Gasteiger partial charge in [0.05, 0.1) is 0 Å². The van der Waals surface area contributed by atoms with E-state index < -0.39 is 5.92 Å². The largest absolute Gasteiger partial charge is 0.310 e. The number of rotatable bonds is 1. The molecule has 1 aliphatic rings. The van der Waals surface area contributed by atoms with Crippen LogP contribution in [0.2, 0.25) is 0 Å². The number of hydrogen-bond donors (Lipinski definition) is 1. The second kappa shape index (κ2) is 5.43. The Hall–Kier alpha value is -0.190. The Labute approximate surface area is 108 Å². The molecule has 1 saturated heterocycles. The van der Waals surface area contributed by atoms with Gasteiger partial charge in [0.25, 0.3) is 5.92 Å². The van der Waals surface area contributed by atoms with E-state index in [2.05, 4.69) is 21.2 Å². The lowest BCUT2D eigenvalue weighted by Crippen LogP contribution is -2.38. The molecule has 0 aromatic heterocycles. The molecule has 1 nitrogen and oxygen atoms in total.